The predicted molar refractivity (Wildman–Crippen MR) is 67.9 cm³/mol. The molecule has 0 atom stereocenters. The van der Waals surface area contributed by atoms with Gasteiger partial charge in [-0.3, -0.25) is 9.59 Å². The molecule has 1 aromatic heterocycles. The minimum Gasteiger partial charge on any atom is -0.508 e. The van der Waals surface area contributed by atoms with Gasteiger partial charge in [-0.1, -0.05) is 6.07 Å². The van der Waals surface area contributed by atoms with E-state index in [1.807, 2.05) is 0 Å². The van der Waals surface area contributed by atoms with Crippen LogP contribution in [0.25, 0.3) is 0 Å². The van der Waals surface area contributed by atoms with Crippen molar-refractivity contribution in [3.05, 3.63) is 58.5 Å². The highest BCUT2D eigenvalue weighted by molar-refractivity contribution is 6.05. The van der Waals surface area contributed by atoms with Gasteiger partial charge in [0.1, 0.15) is 11.3 Å². The lowest BCUT2D eigenvalue weighted by atomic mass is 10.2. The van der Waals surface area contributed by atoms with Crippen molar-refractivity contribution in [1.29, 1.82) is 0 Å². The smallest absolute Gasteiger partial charge is 0.263 e. The number of benzene rings is 1. The van der Waals surface area contributed by atoms with Gasteiger partial charge in [0.25, 0.3) is 11.5 Å². The topological polar surface area (TPSA) is 73.4 Å². The quantitative estimate of drug-likeness (QED) is 0.837. The van der Waals surface area contributed by atoms with Crippen LogP contribution in [0, 0.1) is 0 Å². The van der Waals surface area contributed by atoms with E-state index in [1.54, 1.807) is 25.2 Å². The number of H-pyrrole nitrogens is 1. The maximum absolute atomic E-state index is 12.1. The molecule has 2 rings (SSSR count). The van der Waals surface area contributed by atoms with Crippen molar-refractivity contribution < 1.29 is 9.90 Å². The summed E-state index contributed by atoms with van der Waals surface area (Å²) in [7, 11) is 1.55. The number of hydrogen-bond donors (Lipinski definition) is 2. The number of nitrogens with zero attached hydrogens (tertiary/aromatic N) is 1. The van der Waals surface area contributed by atoms with E-state index in [0.717, 1.165) is 0 Å². The SMILES string of the molecule is CN(C(=O)c1ccc[nH]c1=O)c1cccc(O)c1. The second-order valence-corrected chi connectivity index (χ2v) is 3.80. The Hall–Kier alpha value is -2.56. The molecule has 0 aliphatic heterocycles. The number of rotatable bonds is 2. The molecule has 0 unspecified atom stereocenters. The molecule has 5 heteroatoms. The normalized spacial score (nSPS) is 10.1. The number of aromatic hydroxyl groups is 1. The third-order valence-corrected chi connectivity index (χ3v) is 2.57. The molecular weight excluding hydrogens is 232 g/mol. The monoisotopic (exact) mass is 244 g/mol. The molecule has 0 fully saturated rings. The third-order valence-electron chi connectivity index (χ3n) is 2.57. The van der Waals surface area contributed by atoms with Crippen molar-refractivity contribution in [1.82, 2.24) is 4.98 Å². The Kier molecular flexibility index (Phi) is 3.14. The van der Waals surface area contributed by atoms with Crippen molar-refractivity contribution >= 4 is 11.6 Å². The van der Waals surface area contributed by atoms with Crippen LogP contribution in [0.4, 0.5) is 5.69 Å². The number of hydrogen-bond acceptors (Lipinski definition) is 3. The zero-order chi connectivity index (χ0) is 13.1. The molecule has 0 radical (unpaired) electrons. The number of pyridine rings is 1. The summed E-state index contributed by atoms with van der Waals surface area (Å²) in [5.41, 5.74) is 0.140. The zero-order valence-corrected chi connectivity index (χ0v) is 9.75. The summed E-state index contributed by atoms with van der Waals surface area (Å²) in [6.45, 7) is 0. The molecule has 0 aliphatic rings. The summed E-state index contributed by atoms with van der Waals surface area (Å²) in [4.78, 5) is 27.4. The predicted octanol–water partition coefficient (Wildman–Crippen LogP) is 1.36. The maximum Gasteiger partial charge on any atom is 0.263 e. The van der Waals surface area contributed by atoms with Crippen molar-refractivity contribution in [2.75, 3.05) is 11.9 Å². The number of carbonyl (C=O) groups excluding carboxylic acids is 1. The molecule has 0 aliphatic carbocycles. The van der Waals surface area contributed by atoms with Crippen LogP contribution >= 0.6 is 0 Å². The van der Waals surface area contributed by atoms with E-state index in [9.17, 15) is 14.7 Å². The summed E-state index contributed by atoms with van der Waals surface area (Å²) in [5.74, 6) is -0.364. The lowest BCUT2D eigenvalue weighted by molar-refractivity contribution is 0.0991. The van der Waals surface area contributed by atoms with Gasteiger partial charge >= 0.3 is 0 Å². The summed E-state index contributed by atoms with van der Waals surface area (Å²) in [5, 5.41) is 9.36. The number of aromatic nitrogens is 1. The van der Waals surface area contributed by atoms with Crippen molar-refractivity contribution in [2.24, 2.45) is 0 Å². The zero-order valence-electron chi connectivity index (χ0n) is 9.75. The van der Waals surface area contributed by atoms with E-state index in [2.05, 4.69) is 4.98 Å². The molecule has 1 amide bonds. The maximum atomic E-state index is 12.1. The van der Waals surface area contributed by atoms with Crippen LogP contribution < -0.4 is 10.5 Å². The molecule has 2 N–H and O–H groups in total. The van der Waals surface area contributed by atoms with Gasteiger partial charge in [-0.25, -0.2) is 0 Å². The first-order valence-corrected chi connectivity index (χ1v) is 5.34. The molecule has 18 heavy (non-hydrogen) atoms. The van der Waals surface area contributed by atoms with Gasteiger partial charge in [0.05, 0.1) is 0 Å². The van der Waals surface area contributed by atoms with E-state index < -0.39 is 11.5 Å². The van der Waals surface area contributed by atoms with Crippen LogP contribution in [-0.4, -0.2) is 23.0 Å². The van der Waals surface area contributed by atoms with Crippen LogP contribution in [0.1, 0.15) is 10.4 Å². The molecule has 0 spiro atoms. The number of amides is 1. The fourth-order valence-electron chi connectivity index (χ4n) is 1.59. The fraction of sp³-hybridized carbons (Fsp3) is 0.0769. The van der Waals surface area contributed by atoms with Crippen LogP contribution in [-0.2, 0) is 0 Å². The standard InChI is InChI=1S/C13H12N2O3/c1-15(9-4-2-5-10(16)8-9)13(18)11-6-3-7-14-12(11)17/h2-8,16H,1H3,(H,14,17). The first kappa shape index (κ1) is 11.9. The lowest BCUT2D eigenvalue weighted by Crippen LogP contribution is -2.31. The summed E-state index contributed by atoms with van der Waals surface area (Å²) in [6.07, 6.45) is 1.47. The Morgan fingerprint density at radius 3 is 2.72 bits per heavy atom. The molecule has 5 nitrogen and oxygen atoms in total. The average molecular weight is 244 g/mol. The highest BCUT2D eigenvalue weighted by Gasteiger charge is 2.16. The van der Waals surface area contributed by atoms with E-state index >= 15 is 0 Å². The molecule has 92 valence electrons. The second kappa shape index (κ2) is 4.75. The first-order valence-electron chi connectivity index (χ1n) is 5.34. The van der Waals surface area contributed by atoms with E-state index in [-0.39, 0.29) is 11.3 Å². The van der Waals surface area contributed by atoms with Gasteiger partial charge in [-0.2, -0.15) is 0 Å². The number of carbonyl (C=O) groups is 1. The number of nitrogens with one attached hydrogen (secondary N) is 1. The van der Waals surface area contributed by atoms with Gasteiger partial charge in [0, 0.05) is 25.0 Å². The van der Waals surface area contributed by atoms with Gasteiger partial charge in [-0.15, -0.1) is 0 Å². The number of aromatic amines is 1. The van der Waals surface area contributed by atoms with E-state index in [4.69, 9.17) is 0 Å². The van der Waals surface area contributed by atoms with Crippen molar-refractivity contribution in [3.63, 3.8) is 0 Å². The molecule has 1 heterocycles. The Bertz CT molecular complexity index is 634. The Morgan fingerprint density at radius 1 is 1.28 bits per heavy atom. The van der Waals surface area contributed by atoms with E-state index in [0.29, 0.717) is 5.69 Å². The summed E-state index contributed by atoms with van der Waals surface area (Å²) in [6, 6.07) is 9.32. The Labute approximate surface area is 103 Å². The summed E-state index contributed by atoms with van der Waals surface area (Å²) >= 11 is 0. The Balaban J connectivity index is 2.35. The lowest BCUT2D eigenvalue weighted by Gasteiger charge is -2.16. The first-order chi connectivity index (χ1) is 8.59. The van der Waals surface area contributed by atoms with Crippen LogP contribution in [0.15, 0.2) is 47.4 Å². The minimum absolute atomic E-state index is 0.0587. The average Bonchev–Trinajstić information content (AvgIpc) is 2.37. The van der Waals surface area contributed by atoms with E-state index in [1.165, 1.54) is 29.3 Å². The van der Waals surface area contributed by atoms with Crippen molar-refractivity contribution in [3.8, 4) is 5.75 Å². The van der Waals surface area contributed by atoms with Gasteiger partial charge in [-0.05, 0) is 24.3 Å². The molecule has 0 bridgehead atoms. The molecule has 0 saturated heterocycles. The number of phenols is 1. The fourth-order valence-corrected chi connectivity index (χ4v) is 1.59. The second-order valence-electron chi connectivity index (χ2n) is 3.80. The largest absolute Gasteiger partial charge is 0.508 e. The van der Waals surface area contributed by atoms with Crippen LogP contribution in [0.2, 0.25) is 0 Å². The van der Waals surface area contributed by atoms with Crippen LogP contribution in [0.5, 0.6) is 5.75 Å². The summed E-state index contributed by atoms with van der Waals surface area (Å²) < 4.78 is 0. The van der Waals surface area contributed by atoms with Gasteiger partial charge in [0.2, 0.25) is 0 Å². The highest BCUT2D eigenvalue weighted by Crippen LogP contribution is 2.19. The molecule has 2 aromatic rings. The molecular formula is C13H12N2O3. The number of anilines is 1. The Morgan fingerprint density at radius 2 is 2.06 bits per heavy atom. The van der Waals surface area contributed by atoms with Gasteiger partial charge in [0.15, 0.2) is 0 Å². The van der Waals surface area contributed by atoms with Crippen molar-refractivity contribution in [2.45, 2.75) is 0 Å². The molecule has 0 saturated carbocycles. The third kappa shape index (κ3) is 2.24. The minimum atomic E-state index is -0.436. The van der Waals surface area contributed by atoms with Crippen LogP contribution in [0.3, 0.4) is 0 Å². The number of phenolic OH excluding ortho intramolecular Hbond substituents is 1. The van der Waals surface area contributed by atoms with Gasteiger partial charge < -0.3 is 15.0 Å². The molecule has 1 aromatic carbocycles. The highest BCUT2D eigenvalue weighted by atomic mass is 16.3.